The van der Waals surface area contributed by atoms with Gasteiger partial charge in [-0.25, -0.2) is 0 Å². The average molecular weight is 499 g/mol. The predicted octanol–water partition coefficient (Wildman–Crippen LogP) is 5.98. The first-order valence-electron chi connectivity index (χ1n) is 11.2. The smallest absolute Gasteiger partial charge is 0.417 e. The topological polar surface area (TPSA) is 81.8 Å². The zero-order valence-electron chi connectivity index (χ0n) is 19.6. The number of alkyl halides is 3. The predicted molar refractivity (Wildman–Crippen MR) is 127 cm³/mol. The summed E-state index contributed by atoms with van der Waals surface area (Å²) in [6.45, 7) is 3.47. The fourth-order valence-corrected chi connectivity index (χ4v) is 3.62. The van der Waals surface area contributed by atoms with Crippen molar-refractivity contribution in [3.63, 3.8) is 0 Å². The maximum absolute atomic E-state index is 13.0. The second-order valence-corrected chi connectivity index (χ2v) is 8.55. The number of halogens is 3. The van der Waals surface area contributed by atoms with Gasteiger partial charge in [0.1, 0.15) is 41.4 Å². The summed E-state index contributed by atoms with van der Waals surface area (Å²) in [6.07, 6.45) is -2.48. The van der Waals surface area contributed by atoms with Crippen LogP contribution in [0.2, 0.25) is 0 Å². The second-order valence-electron chi connectivity index (χ2n) is 8.55. The fraction of sp³-hybridized carbons (Fsp3) is 0.259. The fourth-order valence-electron chi connectivity index (χ4n) is 3.62. The van der Waals surface area contributed by atoms with Crippen LogP contribution in [-0.4, -0.2) is 10.1 Å². The van der Waals surface area contributed by atoms with Crippen molar-refractivity contribution in [2.45, 2.75) is 45.8 Å². The van der Waals surface area contributed by atoms with Crippen molar-refractivity contribution in [1.29, 1.82) is 0 Å². The molecular formula is C27H24F3NO5. The minimum atomic E-state index is -4.52. The van der Waals surface area contributed by atoms with Crippen molar-refractivity contribution in [3.05, 3.63) is 99.2 Å². The van der Waals surface area contributed by atoms with E-state index in [-0.39, 0.29) is 59.2 Å². The highest BCUT2D eigenvalue weighted by Gasteiger charge is 2.31. The molecule has 2 aromatic carbocycles. The van der Waals surface area contributed by atoms with E-state index in [1.807, 2.05) is 19.9 Å². The van der Waals surface area contributed by atoms with Gasteiger partial charge in [0.25, 0.3) is 0 Å². The molecule has 6 nitrogen and oxygen atoms in total. The molecule has 0 atom stereocenters. The first-order valence-corrected chi connectivity index (χ1v) is 11.2. The SMILES string of the molecule is CC(C)c1cc(=O)c2c(OCc3ccccc3CO)cc(OCc3cncc(C(F)(F)F)c3)cc2o1. The molecule has 2 heterocycles. The van der Waals surface area contributed by atoms with E-state index in [1.165, 1.54) is 24.4 Å². The largest absolute Gasteiger partial charge is 0.489 e. The number of aliphatic hydroxyl groups excluding tert-OH is 1. The molecule has 1 N–H and O–H groups in total. The van der Waals surface area contributed by atoms with Crippen LogP contribution in [0.4, 0.5) is 13.2 Å². The quantitative estimate of drug-likeness (QED) is 0.321. The number of pyridine rings is 1. The third-order valence-corrected chi connectivity index (χ3v) is 5.56. The van der Waals surface area contributed by atoms with Crippen molar-refractivity contribution in [1.82, 2.24) is 4.98 Å². The van der Waals surface area contributed by atoms with E-state index < -0.39 is 11.7 Å². The number of benzene rings is 2. The Hall–Kier alpha value is -3.85. The molecule has 0 saturated heterocycles. The number of hydrogen-bond donors (Lipinski definition) is 1. The zero-order valence-corrected chi connectivity index (χ0v) is 19.6. The van der Waals surface area contributed by atoms with E-state index in [0.717, 1.165) is 17.8 Å². The van der Waals surface area contributed by atoms with E-state index in [4.69, 9.17) is 13.9 Å². The molecule has 2 aromatic heterocycles. The van der Waals surface area contributed by atoms with Crippen molar-refractivity contribution < 1.29 is 32.2 Å². The Morgan fingerprint density at radius 1 is 1.00 bits per heavy atom. The van der Waals surface area contributed by atoms with Crippen LogP contribution in [0, 0.1) is 0 Å². The lowest BCUT2D eigenvalue weighted by Crippen LogP contribution is -2.08. The Morgan fingerprint density at radius 3 is 2.44 bits per heavy atom. The molecular weight excluding hydrogens is 475 g/mol. The van der Waals surface area contributed by atoms with E-state index in [2.05, 4.69) is 4.98 Å². The summed E-state index contributed by atoms with van der Waals surface area (Å²) in [4.78, 5) is 16.6. The maximum atomic E-state index is 13.0. The van der Waals surface area contributed by atoms with Gasteiger partial charge >= 0.3 is 6.18 Å². The molecule has 0 aliphatic rings. The summed E-state index contributed by atoms with van der Waals surface area (Å²) in [7, 11) is 0. The molecule has 0 aliphatic heterocycles. The molecule has 0 unspecified atom stereocenters. The van der Waals surface area contributed by atoms with Crippen LogP contribution in [0.15, 0.2) is 70.1 Å². The first-order chi connectivity index (χ1) is 17.2. The maximum Gasteiger partial charge on any atom is 0.417 e. The third-order valence-electron chi connectivity index (χ3n) is 5.56. The van der Waals surface area contributed by atoms with E-state index in [0.29, 0.717) is 11.3 Å². The number of hydrogen-bond acceptors (Lipinski definition) is 6. The van der Waals surface area contributed by atoms with Gasteiger partial charge in [-0.05, 0) is 17.2 Å². The lowest BCUT2D eigenvalue weighted by molar-refractivity contribution is -0.137. The minimum absolute atomic E-state index is 0.0522. The lowest BCUT2D eigenvalue weighted by Gasteiger charge is -2.15. The highest BCUT2D eigenvalue weighted by molar-refractivity contribution is 5.85. The summed E-state index contributed by atoms with van der Waals surface area (Å²) in [5, 5.41) is 9.81. The summed E-state index contributed by atoms with van der Waals surface area (Å²) in [5.74, 6) is 0.864. The number of aliphatic hydroxyl groups is 1. The van der Waals surface area contributed by atoms with Crippen LogP contribution >= 0.6 is 0 Å². The van der Waals surface area contributed by atoms with Gasteiger partial charge in [0, 0.05) is 42.1 Å². The third kappa shape index (κ3) is 5.68. The van der Waals surface area contributed by atoms with Crippen LogP contribution in [-0.2, 0) is 26.0 Å². The molecule has 0 radical (unpaired) electrons. The number of nitrogens with zero attached hydrogens (tertiary/aromatic N) is 1. The lowest BCUT2D eigenvalue weighted by atomic mass is 10.1. The molecule has 0 fully saturated rings. The Labute approximate surface area is 204 Å². The van der Waals surface area contributed by atoms with Crippen LogP contribution in [0.1, 0.15) is 47.8 Å². The molecule has 36 heavy (non-hydrogen) atoms. The number of ether oxygens (including phenoxy) is 2. The summed E-state index contributed by atoms with van der Waals surface area (Å²) in [6, 6.07) is 12.6. The van der Waals surface area contributed by atoms with Crippen LogP contribution < -0.4 is 14.9 Å². The number of rotatable bonds is 8. The molecule has 188 valence electrons. The molecule has 0 spiro atoms. The molecule has 4 aromatic rings. The van der Waals surface area contributed by atoms with Crippen molar-refractivity contribution in [3.8, 4) is 11.5 Å². The van der Waals surface area contributed by atoms with Gasteiger partial charge in [0.15, 0.2) is 5.43 Å². The van der Waals surface area contributed by atoms with Crippen LogP contribution in [0.5, 0.6) is 11.5 Å². The highest BCUT2D eigenvalue weighted by atomic mass is 19.4. The Kier molecular flexibility index (Phi) is 7.30. The summed E-state index contributed by atoms with van der Waals surface area (Å²) < 4.78 is 56.7. The van der Waals surface area contributed by atoms with Crippen molar-refractivity contribution in [2.75, 3.05) is 0 Å². The monoisotopic (exact) mass is 499 g/mol. The van der Waals surface area contributed by atoms with Gasteiger partial charge < -0.3 is 19.0 Å². The van der Waals surface area contributed by atoms with Gasteiger partial charge in [-0.3, -0.25) is 9.78 Å². The Bertz CT molecular complexity index is 1430. The zero-order chi connectivity index (χ0) is 25.9. The summed E-state index contributed by atoms with van der Waals surface area (Å²) >= 11 is 0. The standard InChI is InChI=1S/C27H24F3NO5/c1-16(2)23-10-22(33)26-24(35-15-19-6-4-3-5-18(19)13-32)8-21(9-25(26)36-23)34-14-17-7-20(12-31-11-17)27(28,29)30/h3-12,16,32H,13-15H2,1-2H3. The molecule has 4 rings (SSSR count). The van der Waals surface area contributed by atoms with Gasteiger partial charge in [-0.2, -0.15) is 13.2 Å². The van der Waals surface area contributed by atoms with Crippen LogP contribution in [0.25, 0.3) is 11.0 Å². The number of fused-ring (bicyclic) bond motifs is 1. The average Bonchev–Trinajstić information content (AvgIpc) is 2.85. The van der Waals surface area contributed by atoms with E-state index in [1.54, 1.807) is 18.2 Å². The second kappa shape index (κ2) is 10.4. The minimum Gasteiger partial charge on any atom is -0.489 e. The number of aromatic nitrogens is 1. The molecule has 0 bridgehead atoms. The molecule has 0 amide bonds. The molecule has 0 saturated carbocycles. The van der Waals surface area contributed by atoms with Gasteiger partial charge in [0.05, 0.1) is 12.2 Å². The van der Waals surface area contributed by atoms with E-state index in [9.17, 15) is 23.1 Å². The normalized spacial score (nSPS) is 11.8. The summed E-state index contributed by atoms with van der Waals surface area (Å²) in [5.41, 5.74) is 0.705. The van der Waals surface area contributed by atoms with E-state index >= 15 is 0 Å². The molecule has 9 heteroatoms. The van der Waals surface area contributed by atoms with Crippen molar-refractivity contribution >= 4 is 11.0 Å². The van der Waals surface area contributed by atoms with Gasteiger partial charge in [0.2, 0.25) is 0 Å². The molecule has 0 aliphatic carbocycles. The Morgan fingerprint density at radius 2 is 1.75 bits per heavy atom. The van der Waals surface area contributed by atoms with Gasteiger partial charge in [-0.15, -0.1) is 0 Å². The van der Waals surface area contributed by atoms with Crippen molar-refractivity contribution in [2.24, 2.45) is 0 Å². The Balaban J connectivity index is 1.69. The van der Waals surface area contributed by atoms with Crippen LogP contribution in [0.3, 0.4) is 0 Å². The first kappa shape index (κ1) is 25.2. The highest BCUT2D eigenvalue weighted by Crippen LogP contribution is 2.33. The van der Waals surface area contributed by atoms with Gasteiger partial charge in [-0.1, -0.05) is 38.1 Å².